The maximum absolute atomic E-state index is 6.08. The maximum atomic E-state index is 6.08. The second-order valence-corrected chi connectivity index (χ2v) is 4.35. The smallest absolute Gasteiger partial charge is 0.0279 e. The van der Waals surface area contributed by atoms with Crippen LogP contribution in [-0.4, -0.2) is 18.6 Å². The lowest BCUT2D eigenvalue weighted by Crippen LogP contribution is -2.53. The van der Waals surface area contributed by atoms with Gasteiger partial charge < -0.3 is 11.1 Å². The van der Waals surface area contributed by atoms with Crippen LogP contribution in [0, 0.1) is 0 Å². The molecule has 0 aliphatic carbocycles. The van der Waals surface area contributed by atoms with E-state index in [1.54, 1.807) is 0 Å². The summed E-state index contributed by atoms with van der Waals surface area (Å²) in [6.45, 7) is 4.11. The maximum Gasteiger partial charge on any atom is 0.0279 e. The van der Waals surface area contributed by atoms with Gasteiger partial charge in [-0.25, -0.2) is 0 Å². The van der Waals surface area contributed by atoms with E-state index in [9.17, 15) is 0 Å². The Morgan fingerprint density at radius 2 is 1.86 bits per heavy atom. The third-order valence-corrected chi connectivity index (χ3v) is 2.53. The van der Waals surface area contributed by atoms with Crippen molar-refractivity contribution in [2.75, 3.05) is 7.05 Å². The molecule has 0 heterocycles. The third-order valence-electron chi connectivity index (χ3n) is 2.53. The van der Waals surface area contributed by atoms with Crippen molar-refractivity contribution >= 4 is 0 Å². The summed E-state index contributed by atoms with van der Waals surface area (Å²) in [5, 5.41) is 3.27. The molecule has 0 aliphatic heterocycles. The monoisotopic (exact) mass is 192 g/mol. The minimum Gasteiger partial charge on any atom is -0.324 e. The Hall–Kier alpha value is -0.860. The van der Waals surface area contributed by atoms with Crippen LogP contribution in [-0.2, 0) is 6.42 Å². The molecular weight excluding hydrogens is 172 g/mol. The highest BCUT2D eigenvalue weighted by Crippen LogP contribution is 2.11. The summed E-state index contributed by atoms with van der Waals surface area (Å²) in [4.78, 5) is 0. The molecular formula is C12H20N2. The standard InChI is InChI=1S/C12H20N2/c1-12(2,13)11(14-3)9-10-7-5-4-6-8-10/h4-8,11,14H,9,13H2,1-3H3. The van der Waals surface area contributed by atoms with Crippen molar-refractivity contribution in [3.05, 3.63) is 35.9 Å². The molecule has 14 heavy (non-hydrogen) atoms. The molecule has 0 aliphatic rings. The van der Waals surface area contributed by atoms with E-state index >= 15 is 0 Å². The largest absolute Gasteiger partial charge is 0.324 e. The van der Waals surface area contributed by atoms with E-state index in [0.29, 0.717) is 6.04 Å². The van der Waals surface area contributed by atoms with Crippen LogP contribution in [0.5, 0.6) is 0 Å². The molecule has 0 saturated carbocycles. The van der Waals surface area contributed by atoms with E-state index in [2.05, 4.69) is 43.4 Å². The first-order chi connectivity index (χ1) is 6.54. The van der Waals surface area contributed by atoms with Crippen LogP contribution in [0.3, 0.4) is 0 Å². The summed E-state index contributed by atoms with van der Waals surface area (Å²) in [7, 11) is 1.96. The number of nitrogens with two attached hydrogens (primary N) is 1. The fourth-order valence-electron chi connectivity index (χ4n) is 1.59. The average molecular weight is 192 g/mol. The topological polar surface area (TPSA) is 38.0 Å². The lowest BCUT2D eigenvalue weighted by molar-refractivity contribution is 0.358. The Morgan fingerprint density at radius 3 is 2.29 bits per heavy atom. The van der Waals surface area contributed by atoms with Crippen LogP contribution in [0.2, 0.25) is 0 Å². The van der Waals surface area contributed by atoms with E-state index < -0.39 is 0 Å². The lowest BCUT2D eigenvalue weighted by atomic mass is 9.90. The van der Waals surface area contributed by atoms with Gasteiger partial charge >= 0.3 is 0 Å². The van der Waals surface area contributed by atoms with Gasteiger partial charge in [-0.1, -0.05) is 30.3 Å². The van der Waals surface area contributed by atoms with E-state index in [0.717, 1.165) is 6.42 Å². The highest BCUT2D eigenvalue weighted by Gasteiger charge is 2.23. The Kier molecular flexibility index (Phi) is 3.67. The molecule has 1 aromatic carbocycles. The SMILES string of the molecule is CNC(Cc1ccccc1)C(C)(C)N. The molecule has 3 N–H and O–H groups in total. The van der Waals surface area contributed by atoms with Crippen LogP contribution in [0.25, 0.3) is 0 Å². The van der Waals surface area contributed by atoms with Crippen molar-refractivity contribution in [3.63, 3.8) is 0 Å². The van der Waals surface area contributed by atoms with E-state index in [1.807, 2.05) is 13.1 Å². The second-order valence-electron chi connectivity index (χ2n) is 4.35. The summed E-state index contributed by atoms with van der Waals surface area (Å²) in [6, 6.07) is 10.7. The molecule has 0 spiro atoms. The minimum atomic E-state index is -0.190. The van der Waals surface area contributed by atoms with E-state index in [1.165, 1.54) is 5.56 Å². The Bertz CT molecular complexity index is 261. The van der Waals surface area contributed by atoms with Crippen LogP contribution < -0.4 is 11.1 Å². The molecule has 1 unspecified atom stereocenters. The van der Waals surface area contributed by atoms with Crippen LogP contribution in [0.15, 0.2) is 30.3 Å². The molecule has 1 atom stereocenters. The quantitative estimate of drug-likeness (QED) is 0.759. The molecule has 78 valence electrons. The molecule has 1 aromatic rings. The predicted octanol–water partition coefficient (Wildman–Crippen LogP) is 1.55. The summed E-state index contributed by atoms with van der Waals surface area (Å²) in [6.07, 6.45) is 0.973. The van der Waals surface area contributed by atoms with Gasteiger partial charge in [-0.3, -0.25) is 0 Å². The molecule has 0 radical (unpaired) electrons. The number of hydrogen-bond acceptors (Lipinski definition) is 2. The summed E-state index contributed by atoms with van der Waals surface area (Å²) in [5.74, 6) is 0. The Labute approximate surface area is 86.5 Å². The van der Waals surface area contributed by atoms with Gasteiger partial charge in [-0.15, -0.1) is 0 Å². The summed E-state index contributed by atoms with van der Waals surface area (Å²) >= 11 is 0. The first-order valence-electron chi connectivity index (χ1n) is 5.04. The predicted molar refractivity (Wildman–Crippen MR) is 61.3 cm³/mol. The number of hydrogen-bond donors (Lipinski definition) is 2. The molecule has 2 heteroatoms. The van der Waals surface area contributed by atoms with Crippen molar-refractivity contribution in [2.45, 2.75) is 31.8 Å². The number of benzene rings is 1. The average Bonchev–Trinajstić information content (AvgIpc) is 2.14. The van der Waals surface area contributed by atoms with Gasteiger partial charge in [-0.05, 0) is 32.9 Å². The zero-order valence-corrected chi connectivity index (χ0v) is 9.25. The Balaban J connectivity index is 2.67. The summed E-state index contributed by atoms with van der Waals surface area (Å²) in [5.41, 5.74) is 7.21. The molecule has 0 aromatic heterocycles. The normalized spacial score (nSPS) is 14.0. The highest BCUT2D eigenvalue weighted by molar-refractivity contribution is 5.17. The van der Waals surface area contributed by atoms with Crippen molar-refractivity contribution in [2.24, 2.45) is 5.73 Å². The van der Waals surface area contributed by atoms with Crippen LogP contribution >= 0.6 is 0 Å². The molecule has 0 fully saturated rings. The van der Waals surface area contributed by atoms with Crippen molar-refractivity contribution < 1.29 is 0 Å². The first-order valence-corrected chi connectivity index (χ1v) is 5.04. The fourth-order valence-corrected chi connectivity index (χ4v) is 1.59. The van der Waals surface area contributed by atoms with Crippen LogP contribution in [0.4, 0.5) is 0 Å². The highest BCUT2D eigenvalue weighted by atomic mass is 14.9. The first kappa shape index (κ1) is 11.2. The minimum absolute atomic E-state index is 0.190. The van der Waals surface area contributed by atoms with Gasteiger partial charge in [-0.2, -0.15) is 0 Å². The van der Waals surface area contributed by atoms with E-state index in [-0.39, 0.29) is 5.54 Å². The van der Waals surface area contributed by atoms with Gasteiger partial charge in [0.25, 0.3) is 0 Å². The molecule has 1 rings (SSSR count). The molecule has 0 bridgehead atoms. The zero-order valence-electron chi connectivity index (χ0n) is 9.25. The van der Waals surface area contributed by atoms with Crippen LogP contribution in [0.1, 0.15) is 19.4 Å². The number of rotatable bonds is 4. The molecule has 0 saturated heterocycles. The molecule has 2 nitrogen and oxygen atoms in total. The van der Waals surface area contributed by atoms with Gasteiger partial charge in [0.05, 0.1) is 0 Å². The second kappa shape index (κ2) is 4.58. The lowest BCUT2D eigenvalue weighted by Gasteiger charge is -2.30. The molecule has 0 amide bonds. The van der Waals surface area contributed by atoms with E-state index in [4.69, 9.17) is 5.73 Å². The third kappa shape index (κ3) is 3.13. The number of likely N-dealkylation sites (N-methyl/N-ethyl adjacent to an activating group) is 1. The Morgan fingerprint density at radius 1 is 1.29 bits per heavy atom. The zero-order chi connectivity index (χ0) is 10.6. The van der Waals surface area contributed by atoms with Gasteiger partial charge in [0.15, 0.2) is 0 Å². The van der Waals surface area contributed by atoms with Crippen molar-refractivity contribution in [1.29, 1.82) is 0 Å². The summed E-state index contributed by atoms with van der Waals surface area (Å²) < 4.78 is 0. The number of nitrogens with one attached hydrogen (secondary N) is 1. The van der Waals surface area contributed by atoms with Crippen molar-refractivity contribution in [3.8, 4) is 0 Å². The van der Waals surface area contributed by atoms with Gasteiger partial charge in [0, 0.05) is 11.6 Å². The van der Waals surface area contributed by atoms with Gasteiger partial charge in [0.2, 0.25) is 0 Å². The van der Waals surface area contributed by atoms with Gasteiger partial charge in [0.1, 0.15) is 0 Å². The fraction of sp³-hybridized carbons (Fsp3) is 0.500. The van der Waals surface area contributed by atoms with Crippen molar-refractivity contribution in [1.82, 2.24) is 5.32 Å².